The molecule has 1 aliphatic carbocycles. The zero-order valence-electron chi connectivity index (χ0n) is 14.2. The Balaban J connectivity index is 1.78. The zero-order valence-corrected chi connectivity index (χ0v) is 15.0. The molecule has 0 amide bonds. The molecular formula is C19H22N2O3S. The van der Waals surface area contributed by atoms with Gasteiger partial charge in [0.1, 0.15) is 6.04 Å². The highest BCUT2D eigenvalue weighted by Crippen LogP contribution is 2.41. The molecule has 1 N–H and O–H groups in total. The van der Waals surface area contributed by atoms with E-state index >= 15 is 0 Å². The lowest BCUT2D eigenvalue weighted by atomic mass is 9.78. The fourth-order valence-electron chi connectivity index (χ4n) is 3.86. The van der Waals surface area contributed by atoms with Gasteiger partial charge in [0.15, 0.2) is 0 Å². The van der Waals surface area contributed by atoms with Gasteiger partial charge in [-0.2, -0.15) is 9.57 Å². The van der Waals surface area contributed by atoms with Crippen LogP contribution < -0.4 is 0 Å². The van der Waals surface area contributed by atoms with E-state index in [0.717, 1.165) is 21.7 Å². The largest absolute Gasteiger partial charge is 0.395 e. The van der Waals surface area contributed by atoms with Crippen LogP contribution in [0, 0.1) is 29.1 Å². The minimum atomic E-state index is -3.53. The molecule has 1 aliphatic heterocycles. The molecule has 2 aliphatic rings. The molecule has 3 atom stereocenters. The Morgan fingerprint density at radius 3 is 2.40 bits per heavy atom. The molecule has 1 saturated heterocycles. The van der Waals surface area contributed by atoms with Crippen molar-refractivity contribution in [2.75, 3.05) is 12.9 Å². The maximum Gasteiger partial charge on any atom is 0.212 e. The molecule has 1 aromatic rings. The molecule has 2 fully saturated rings. The van der Waals surface area contributed by atoms with Gasteiger partial charge in [-0.1, -0.05) is 36.8 Å². The molecule has 5 nitrogen and oxygen atoms in total. The van der Waals surface area contributed by atoms with Crippen molar-refractivity contribution in [1.82, 2.24) is 4.31 Å². The van der Waals surface area contributed by atoms with Crippen molar-refractivity contribution in [3.63, 3.8) is 0 Å². The van der Waals surface area contributed by atoms with Gasteiger partial charge >= 0.3 is 0 Å². The lowest BCUT2D eigenvalue weighted by molar-refractivity contribution is 0.0564. The fraction of sp³-hybridized carbons (Fsp3) is 0.526. The minimum absolute atomic E-state index is 0.306. The van der Waals surface area contributed by atoms with E-state index in [2.05, 4.69) is 17.9 Å². The topological polar surface area (TPSA) is 81.4 Å². The van der Waals surface area contributed by atoms with Crippen LogP contribution in [-0.4, -0.2) is 42.8 Å². The summed E-state index contributed by atoms with van der Waals surface area (Å²) in [6.07, 6.45) is 5.94. The van der Waals surface area contributed by atoms with Crippen LogP contribution in [0.5, 0.6) is 0 Å². The Morgan fingerprint density at radius 1 is 1.24 bits per heavy atom. The van der Waals surface area contributed by atoms with Crippen molar-refractivity contribution in [3.05, 3.63) is 35.4 Å². The fourth-order valence-corrected chi connectivity index (χ4v) is 5.14. The third-order valence-corrected chi connectivity index (χ3v) is 6.39. The summed E-state index contributed by atoms with van der Waals surface area (Å²) < 4.78 is 24.8. The Bertz CT molecular complexity index is 824. The minimum Gasteiger partial charge on any atom is -0.395 e. The van der Waals surface area contributed by atoms with Crippen LogP contribution in [0.25, 0.3) is 0 Å². The Hall–Kier alpha value is -1.86. The molecule has 0 spiro atoms. The van der Waals surface area contributed by atoms with Crippen LogP contribution >= 0.6 is 0 Å². The molecule has 1 heterocycles. The third-order valence-electron chi connectivity index (χ3n) is 5.13. The maximum absolute atomic E-state index is 11.8. The summed E-state index contributed by atoms with van der Waals surface area (Å²) in [5, 5.41) is 19.0. The van der Waals surface area contributed by atoms with Gasteiger partial charge < -0.3 is 5.11 Å². The molecule has 1 saturated carbocycles. The van der Waals surface area contributed by atoms with Gasteiger partial charge in [0.2, 0.25) is 10.0 Å². The van der Waals surface area contributed by atoms with Crippen molar-refractivity contribution >= 4 is 10.0 Å². The van der Waals surface area contributed by atoms with E-state index < -0.39 is 22.1 Å². The first-order valence-electron chi connectivity index (χ1n) is 8.56. The summed E-state index contributed by atoms with van der Waals surface area (Å²) in [7, 11) is -3.53. The standard InChI is InChI=1S/C19H22N2O3S/c1-25(23,24)21-17(12-20)19(18(21)13-22)16-10-8-15(9-11-16)7-6-14-4-2-3-5-14/h8-11,14,17-19,22H,2-5,13H2,1H3/t17-,18+,19-/m1/s1. The second kappa shape index (κ2) is 7.17. The summed E-state index contributed by atoms with van der Waals surface area (Å²) >= 11 is 0. The second-order valence-corrected chi connectivity index (χ2v) is 8.70. The zero-order chi connectivity index (χ0) is 18.0. The highest BCUT2D eigenvalue weighted by atomic mass is 32.2. The Morgan fingerprint density at radius 2 is 1.88 bits per heavy atom. The number of aliphatic hydroxyl groups is 1. The molecular weight excluding hydrogens is 336 g/mol. The average molecular weight is 358 g/mol. The van der Waals surface area contributed by atoms with Crippen molar-refractivity contribution in [2.45, 2.75) is 43.7 Å². The van der Waals surface area contributed by atoms with Gasteiger partial charge in [-0.15, -0.1) is 0 Å². The third kappa shape index (κ3) is 3.57. The molecule has 25 heavy (non-hydrogen) atoms. The van der Waals surface area contributed by atoms with Crippen molar-refractivity contribution in [1.29, 1.82) is 5.26 Å². The number of nitrogens with zero attached hydrogens (tertiary/aromatic N) is 2. The molecule has 132 valence electrons. The number of nitriles is 1. The Kier molecular flexibility index (Phi) is 5.15. The van der Waals surface area contributed by atoms with Crippen LogP contribution in [0.1, 0.15) is 42.7 Å². The van der Waals surface area contributed by atoms with Crippen molar-refractivity contribution < 1.29 is 13.5 Å². The normalized spacial score (nSPS) is 27.2. The Labute approximate surface area is 149 Å². The lowest BCUT2D eigenvalue weighted by Gasteiger charge is -2.49. The first-order chi connectivity index (χ1) is 12.0. The predicted molar refractivity (Wildman–Crippen MR) is 95.0 cm³/mol. The molecule has 0 unspecified atom stereocenters. The molecule has 3 rings (SSSR count). The van der Waals surface area contributed by atoms with Gasteiger partial charge in [0, 0.05) is 17.4 Å². The van der Waals surface area contributed by atoms with E-state index in [1.54, 1.807) is 0 Å². The van der Waals surface area contributed by atoms with Gasteiger partial charge in [-0.05, 0) is 30.5 Å². The number of hydrogen-bond acceptors (Lipinski definition) is 4. The van der Waals surface area contributed by atoms with Gasteiger partial charge in [-0.25, -0.2) is 8.42 Å². The van der Waals surface area contributed by atoms with Crippen LogP contribution in [0.15, 0.2) is 24.3 Å². The van der Waals surface area contributed by atoms with E-state index in [1.807, 2.05) is 24.3 Å². The van der Waals surface area contributed by atoms with Gasteiger partial charge in [0.25, 0.3) is 0 Å². The van der Waals surface area contributed by atoms with Gasteiger partial charge in [0.05, 0.1) is 25.0 Å². The van der Waals surface area contributed by atoms with E-state index in [9.17, 15) is 18.8 Å². The second-order valence-electron chi connectivity index (χ2n) is 6.82. The SMILES string of the molecule is CS(=O)(=O)N1[C@H](C#N)[C@@H](c2ccc(C#CC3CCCC3)cc2)[C@@H]1CO. The molecule has 0 radical (unpaired) electrons. The summed E-state index contributed by atoms with van der Waals surface area (Å²) in [6, 6.07) is 8.27. The number of hydrogen-bond donors (Lipinski definition) is 1. The van der Waals surface area contributed by atoms with E-state index in [1.165, 1.54) is 25.7 Å². The van der Waals surface area contributed by atoms with Crippen LogP contribution in [0.2, 0.25) is 0 Å². The molecule has 0 aromatic heterocycles. The van der Waals surface area contributed by atoms with E-state index in [0.29, 0.717) is 5.92 Å². The van der Waals surface area contributed by atoms with Gasteiger partial charge in [-0.3, -0.25) is 0 Å². The summed E-state index contributed by atoms with van der Waals surface area (Å²) in [6.45, 7) is -0.306. The molecule has 6 heteroatoms. The number of rotatable bonds is 3. The van der Waals surface area contributed by atoms with Crippen LogP contribution in [0.4, 0.5) is 0 Å². The smallest absolute Gasteiger partial charge is 0.212 e. The van der Waals surface area contributed by atoms with Crippen molar-refractivity contribution in [2.24, 2.45) is 5.92 Å². The highest BCUT2D eigenvalue weighted by molar-refractivity contribution is 7.88. The van der Waals surface area contributed by atoms with E-state index in [4.69, 9.17) is 0 Å². The van der Waals surface area contributed by atoms with E-state index in [-0.39, 0.29) is 12.5 Å². The highest BCUT2D eigenvalue weighted by Gasteiger charge is 2.53. The predicted octanol–water partition coefficient (Wildman–Crippen LogP) is 1.84. The number of sulfonamides is 1. The lowest BCUT2D eigenvalue weighted by Crippen LogP contribution is -2.64. The summed E-state index contributed by atoms with van der Waals surface area (Å²) in [4.78, 5) is 0. The number of benzene rings is 1. The molecule has 0 bridgehead atoms. The van der Waals surface area contributed by atoms with Crippen LogP contribution in [0.3, 0.4) is 0 Å². The van der Waals surface area contributed by atoms with Crippen LogP contribution in [-0.2, 0) is 10.0 Å². The first-order valence-corrected chi connectivity index (χ1v) is 10.4. The summed E-state index contributed by atoms with van der Waals surface area (Å²) in [5.41, 5.74) is 1.78. The van der Waals surface area contributed by atoms with Crippen molar-refractivity contribution in [3.8, 4) is 17.9 Å². The average Bonchev–Trinajstić information content (AvgIpc) is 3.06. The monoisotopic (exact) mass is 358 g/mol. The molecule has 1 aromatic carbocycles. The summed E-state index contributed by atoms with van der Waals surface area (Å²) in [5.74, 6) is 6.69. The number of aliphatic hydroxyl groups excluding tert-OH is 1. The quantitative estimate of drug-likeness (QED) is 0.836. The first kappa shape index (κ1) is 17.9. The maximum atomic E-state index is 11.8.